The number of piperazine rings is 1. The highest BCUT2D eigenvalue weighted by molar-refractivity contribution is 5.48. The van der Waals surface area contributed by atoms with E-state index in [1.165, 1.54) is 0 Å². The molecule has 4 nitrogen and oxygen atoms in total. The summed E-state index contributed by atoms with van der Waals surface area (Å²) in [5.41, 5.74) is 2.03. The monoisotopic (exact) mass is 235 g/mol. The van der Waals surface area contributed by atoms with Gasteiger partial charge in [-0.2, -0.15) is 0 Å². The van der Waals surface area contributed by atoms with Crippen molar-refractivity contribution in [3.8, 4) is 0 Å². The molecule has 1 aromatic heterocycles. The molecule has 1 N–H and O–H groups in total. The zero-order valence-corrected chi connectivity index (χ0v) is 10.8. The average molecular weight is 235 g/mol. The third kappa shape index (κ3) is 2.58. The van der Waals surface area contributed by atoms with Crippen LogP contribution in [0.1, 0.15) is 18.1 Å². The minimum atomic E-state index is 0.0619. The van der Waals surface area contributed by atoms with Crippen LogP contribution in [0, 0.1) is 6.92 Å². The maximum absolute atomic E-state index is 9.09. The maximum atomic E-state index is 9.09. The first-order chi connectivity index (χ1) is 8.11. The Morgan fingerprint density at radius 1 is 1.47 bits per heavy atom. The summed E-state index contributed by atoms with van der Waals surface area (Å²) in [4.78, 5) is 9.20. The zero-order valence-electron chi connectivity index (χ0n) is 10.8. The lowest BCUT2D eigenvalue weighted by atomic mass is 10.1. The highest BCUT2D eigenvalue weighted by atomic mass is 16.3. The fourth-order valence-electron chi connectivity index (χ4n) is 2.47. The van der Waals surface area contributed by atoms with E-state index >= 15 is 0 Å². The molecule has 17 heavy (non-hydrogen) atoms. The van der Waals surface area contributed by atoms with Gasteiger partial charge >= 0.3 is 0 Å². The summed E-state index contributed by atoms with van der Waals surface area (Å²) in [6, 6.07) is 2.51. The van der Waals surface area contributed by atoms with Crippen molar-refractivity contribution >= 4 is 5.82 Å². The lowest BCUT2D eigenvalue weighted by molar-refractivity contribution is 0.274. The fourth-order valence-corrected chi connectivity index (χ4v) is 2.47. The van der Waals surface area contributed by atoms with Crippen LogP contribution in [-0.4, -0.2) is 47.7 Å². The van der Waals surface area contributed by atoms with Gasteiger partial charge in [0.2, 0.25) is 0 Å². The number of nitrogens with zero attached hydrogens (tertiary/aromatic N) is 3. The molecule has 4 heteroatoms. The molecule has 2 rings (SSSR count). The quantitative estimate of drug-likeness (QED) is 0.831. The molecule has 0 amide bonds. The Bertz CT molecular complexity index is 394. The number of rotatable bonds is 2. The largest absolute Gasteiger partial charge is 0.392 e. The van der Waals surface area contributed by atoms with Gasteiger partial charge in [-0.1, -0.05) is 0 Å². The van der Waals surface area contributed by atoms with E-state index in [9.17, 15) is 0 Å². The van der Waals surface area contributed by atoms with Crippen LogP contribution in [0.15, 0.2) is 12.3 Å². The predicted octanol–water partition coefficient (Wildman–Crippen LogP) is 1.02. The van der Waals surface area contributed by atoms with Crippen molar-refractivity contribution in [2.24, 2.45) is 0 Å². The van der Waals surface area contributed by atoms with Crippen molar-refractivity contribution in [2.75, 3.05) is 31.6 Å². The number of anilines is 1. The van der Waals surface area contributed by atoms with Crippen LogP contribution in [0.4, 0.5) is 5.82 Å². The maximum Gasteiger partial charge on any atom is 0.131 e. The number of aromatic nitrogens is 1. The van der Waals surface area contributed by atoms with Gasteiger partial charge in [0.1, 0.15) is 5.82 Å². The van der Waals surface area contributed by atoms with E-state index in [4.69, 9.17) is 5.11 Å². The van der Waals surface area contributed by atoms with Gasteiger partial charge in [-0.25, -0.2) is 4.98 Å². The van der Waals surface area contributed by atoms with E-state index in [0.29, 0.717) is 6.04 Å². The summed E-state index contributed by atoms with van der Waals surface area (Å²) in [6.45, 7) is 7.52. The molecule has 0 aliphatic carbocycles. The number of likely N-dealkylation sites (N-methyl/N-ethyl adjacent to an activating group) is 1. The molecule has 1 fully saturated rings. The molecular weight excluding hydrogens is 214 g/mol. The van der Waals surface area contributed by atoms with Crippen molar-refractivity contribution in [1.82, 2.24) is 9.88 Å². The first kappa shape index (κ1) is 12.3. The van der Waals surface area contributed by atoms with Crippen molar-refractivity contribution in [2.45, 2.75) is 26.5 Å². The minimum absolute atomic E-state index is 0.0619. The van der Waals surface area contributed by atoms with Crippen molar-refractivity contribution < 1.29 is 5.11 Å². The molecule has 0 radical (unpaired) electrons. The van der Waals surface area contributed by atoms with Gasteiger partial charge in [-0.3, -0.25) is 0 Å². The van der Waals surface area contributed by atoms with Gasteiger partial charge in [0, 0.05) is 31.9 Å². The van der Waals surface area contributed by atoms with Gasteiger partial charge in [0.15, 0.2) is 0 Å². The third-order valence-electron chi connectivity index (χ3n) is 3.39. The topological polar surface area (TPSA) is 39.6 Å². The molecule has 1 aromatic rings. The Morgan fingerprint density at radius 3 is 2.82 bits per heavy atom. The molecule has 94 valence electrons. The van der Waals surface area contributed by atoms with E-state index < -0.39 is 0 Å². The first-order valence-electron chi connectivity index (χ1n) is 6.13. The number of hydrogen-bond acceptors (Lipinski definition) is 4. The molecule has 0 saturated carbocycles. The van der Waals surface area contributed by atoms with Gasteiger partial charge in [0.05, 0.1) is 6.61 Å². The number of pyridine rings is 1. The van der Waals surface area contributed by atoms with Crippen molar-refractivity contribution in [3.05, 3.63) is 23.4 Å². The number of hydrogen-bond donors (Lipinski definition) is 1. The Morgan fingerprint density at radius 2 is 2.24 bits per heavy atom. The summed E-state index contributed by atoms with van der Waals surface area (Å²) in [5, 5.41) is 9.09. The molecule has 1 aliphatic heterocycles. The Balaban J connectivity index is 2.22. The van der Waals surface area contributed by atoms with Gasteiger partial charge < -0.3 is 14.9 Å². The van der Waals surface area contributed by atoms with E-state index in [1.807, 2.05) is 6.07 Å². The second kappa shape index (κ2) is 5.02. The van der Waals surface area contributed by atoms with Crippen LogP contribution in [0.2, 0.25) is 0 Å². The smallest absolute Gasteiger partial charge is 0.131 e. The molecule has 0 bridgehead atoms. The summed E-state index contributed by atoms with van der Waals surface area (Å²) < 4.78 is 0. The van der Waals surface area contributed by atoms with E-state index in [-0.39, 0.29) is 6.61 Å². The number of aryl methyl sites for hydroxylation is 1. The second-order valence-corrected chi connectivity index (χ2v) is 4.95. The Hall–Kier alpha value is -1.13. The first-order valence-corrected chi connectivity index (χ1v) is 6.13. The van der Waals surface area contributed by atoms with E-state index in [0.717, 1.165) is 36.6 Å². The second-order valence-electron chi connectivity index (χ2n) is 4.95. The Kier molecular flexibility index (Phi) is 3.64. The van der Waals surface area contributed by atoms with Crippen molar-refractivity contribution in [3.63, 3.8) is 0 Å². The standard InChI is InChI=1S/C13H21N3O/c1-10-6-12(9-17)7-14-13(10)16-5-4-15(3)8-11(16)2/h6-7,11,17H,4-5,8-9H2,1-3H3. The Labute approximate surface area is 103 Å². The average Bonchev–Trinajstić information content (AvgIpc) is 2.30. The normalized spacial score (nSPS) is 21.9. The number of aliphatic hydroxyl groups is 1. The SMILES string of the molecule is Cc1cc(CO)cnc1N1CCN(C)CC1C. The van der Waals surface area contributed by atoms with Crippen LogP contribution in [0.3, 0.4) is 0 Å². The van der Waals surface area contributed by atoms with E-state index in [2.05, 4.69) is 35.7 Å². The molecule has 1 saturated heterocycles. The van der Waals surface area contributed by atoms with Crippen LogP contribution >= 0.6 is 0 Å². The lowest BCUT2D eigenvalue weighted by Crippen LogP contribution is -2.51. The van der Waals surface area contributed by atoms with Crippen LogP contribution in [0.5, 0.6) is 0 Å². The summed E-state index contributed by atoms with van der Waals surface area (Å²) >= 11 is 0. The number of aliphatic hydroxyl groups excluding tert-OH is 1. The molecule has 0 aromatic carbocycles. The lowest BCUT2D eigenvalue weighted by Gasteiger charge is -2.39. The molecule has 2 heterocycles. The molecule has 0 spiro atoms. The van der Waals surface area contributed by atoms with Gasteiger partial charge in [-0.15, -0.1) is 0 Å². The van der Waals surface area contributed by atoms with Gasteiger partial charge in [-0.05, 0) is 38.1 Å². The van der Waals surface area contributed by atoms with Gasteiger partial charge in [0.25, 0.3) is 0 Å². The van der Waals surface area contributed by atoms with Crippen LogP contribution < -0.4 is 4.90 Å². The predicted molar refractivity (Wildman–Crippen MR) is 69.2 cm³/mol. The molecule has 1 aliphatic rings. The minimum Gasteiger partial charge on any atom is -0.392 e. The molecule has 1 atom stereocenters. The summed E-state index contributed by atoms with van der Waals surface area (Å²) in [7, 11) is 2.16. The van der Waals surface area contributed by atoms with Crippen LogP contribution in [0.25, 0.3) is 0 Å². The summed E-state index contributed by atoms with van der Waals surface area (Å²) in [5.74, 6) is 1.06. The molecular formula is C13H21N3O. The third-order valence-corrected chi connectivity index (χ3v) is 3.39. The summed E-state index contributed by atoms with van der Waals surface area (Å²) in [6.07, 6.45) is 1.77. The van der Waals surface area contributed by atoms with Crippen LogP contribution in [-0.2, 0) is 6.61 Å². The fraction of sp³-hybridized carbons (Fsp3) is 0.615. The zero-order chi connectivity index (χ0) is 12.4. The molecule has 1 unspecified atom stereocenters. The van der Waals surface area contributed by atoms with Crippen molar-refractivity contribution in [1.29, 1.82) is 0 Å². The van der Waals surface area contributed by atoms with E-state index in [1.54, 1.807) is 6.20 Å². The highest BCUT2D eigenvalue weighted by Gasteiger charge is 2.23. The highest BCUT2D eigenvalue weighted by Crippen LogP contribution is 2.22.